The van der Waals surface area contributed by atoms with E-state index in [9.17, 15) is 9.59 Å². The number of rotatable bonds is 5. The number of carbonyl (C=O) groups is 2. The Morgan fingerprint density at radius 2 is 2.35 bits per heavy atom. The van der Waals surface area contributed by atoms with Gasteiger partial charge in [0.1, 0.15) is 12.2 Å². The van der Waals surface area contributed by atoms with E-state index >= 15 is 0 Å². The summed E-state index contributed by atoms with van der Waals surface area (Å²) < 4.78 is 6.65. The standard InChI is InChI=1S/C11H17N5O4/c1-16-6-13-9(15-16)2-3-12-11(19)14-8-5-20-4-7(8)10(17)18/h6-8H,2-5H2,1H3,(H,17,18)(H2,12,14,19). The van der Waals surface area contributed by atoms with Crippen LogP contribution in [0.4, 0.5) is 4.79 Å². The van der Waals surface area contributed by atoms with Crippen LogP contribution in [0.25, 0.3) is 0 Å². The zero-order chi connectivity index (χ0) is 14.5. The molecule has 1 saturated heterocycles. The van der Waals surface area contributed by atoms with Crippen molar-refractivity contribution in [3.05, 3.63) is 12.2 Å². The van der Waals surface area contributed by atoms with Crippen molar-refractivity contribution in [3.8, 4) is 0 Å². The van der Waals surface area contributed by atoms with Crippen LogP contribution in [0.5, 0.6) is 0 Å². The Kier molecular flexibility index (Phi) is 4.51. The molecule has 2 amide bonds. The molecule has 20 heavy (non-hydrogen) atoms. The lowest BCUT2D eigenvalue weighted by atomic mass is 10.0. The summed E-state index contributed by atoms with van der Waals surface area (Å²) in [5, 5.41) is 18.3. The summed E-state index contributed by atoms with van der Waals surface area (Å²) >= 11 is 0. The highest BCUT2D eigenvalue weighted by Crippen LogP contribution is 2.13. The molecule has 9 nitrogen and oxygen atoms in total. The molecule has 1 aromatic rings. The van der Waals surface area contributed by atoms with E-state index in [2.05, 4.69) is 20.7 Å². The van der Waals surface area contributed by atoms with Crippen molar-refractivity contribution in [2.24, 2.45) is 13.0 Å². The van der Waals surface area contributed by atoms with Crippen LogP contribution in [0.3, 0.4) is 0 Å². The summed E-state index contributed by atoms with van der Waals surface area (Å²) in [6.45, 7) is 0.714. The van der Waals surface area contributed by atoms with E-state index < -0.39 is 24.0 Å². The molecule has 1 aromatic heterocycles. The second-order valence-corrected chi connectivity index (χ2v) is 4.57. The van der Waals surface area contributed by atoms with Gasteiger partial charge in [-0.3, -0.25) is 9.48 Å². The van der Waals surface area contributed by atoms with Crippen LogP contribution in [0.2, 0.25) is 0 Å². The van der Waals surface area contributed by atoms with Crippen molar-refractivity contribution in [1.82, 2.24) is 25.4 Å². The SMILES string of the molecule is Cn1cnc(CCNC(=O)NC2COCC2C(=O)O)n1. The molecule has 1 aliphatic rings. The predicted molar refractivity (Wildman–Crippen MR) is 67.0 cm³/mol. The molecule has 0 aromatic carbocycles. The van der Waals surface area contributed by atoms with Crippen LogP contribution in [0.15, 0.2) is 6.33 Å². The normalized spacial score (nSPS) is 21.6. The summed E-state index contributed by atoms with van der Waals surface area (Å²) in [6, 6.07) is -0.914. The van der Waals surface area contributed by atoms with Crippen molar-refractivity contribution in [2.75, 3.05) is 19.8 Å². The van der Waals surface area contributed by atoms with Gasteiger partial charge in [-0.15, -0.1) is 0 Å². The molecule has 2 heterocycles. The number of nitrogens with one attached hydrogen (secondary N) is 2. The van der Waals surface area contributed by atoms with Crippen LogP contribution in [0.1, 0.15) is 5.82 Å². The molecular weight excluding hydrogens is 266 g/mol. The van der Waals surface area contributed by atoms with Gasteiger partial charge in [-0.1, -0.05) is 0 Å². The molecule has 9 heteroatoms. The number of carboxylic acid groups (broad SMARTS) is 1. The Balaban J connectivity index is 1.71. The van der Waals surface area contributed by atoms with Gasteiger partial charge in [0.2, 0.25) is 0 Å². The molecule has 2 unspecified atom stereocenters. The van der Waals surface area contributed by atoms with Gasteiger partial charge in [0.15, 0.2) is 5.82 Å². The third kappa shape index (κ3) is 3.67. The third-order valence-electron chi connectivity index (χ3n) is 3.00. The fraction of sp³-hybridized carbons (Fsp3) is 0.636. The zero-order valence-electron chi connectivity index (χ0n) is 11.1. The number of ether oxygens (including phenoxy) is 1. The van der Waals surface area contributed by atoms with Gasteiger partial charge in [0, 0.05) is 20.0 Å². The fourth-order valence-electron chi connectivity index (χ4n) is 1.95. The van der Waals surface area contributed by atoms with E-state index in [-0.39, 0.29) is 13.2 Å². The third-order valence-corrected chi connectivity index (χ3v) is 3.00. The van der Waals surface area contributed by atoms with E-state index in [1.54, 1.807) is 18.1 Å². The smallest absolute Gasteiger partial charge is 0.315 e. The van der Waals surface area contributed by atoms with Crippen molar-refractivity contribution >= 4 is 12.0 Å². The minimum absolute atomic E-state index is 0.123. The van der Waals surface area contributed by atoms with Gasteiger partial charge in [-0.25, -0.2) is 9.78 Å². The van der Waals surface area contributed by atoms with E-state index in [0.29, 0.717) is 18.8 Å². The lowest BCUT2D eigenvalue weighted by Gasteiger charge is -2.15. The lowest BCUT2D eigenvalue weighted by molar-refractivity contribution is -0.142. The average Bonchev–Trinajstić information content (AvgIpc) is 2.98. The highest BCUT2D eigenvalue weighted by atomic mass is 16.5. The number of hydrogen-bond donors (Lipinski definition) is 3. The Morgan fingerprint density at radius 1 is 1.55 bits per heavy atom. The van der Waals surface area contributed by atoms with Gasteiger partial charge in [-0.05, 0) is 0 Å². The van der Waals surface area contributed by atoms with Gasteiger partial charge in [0.05, 0.1) is 19.3 Å². The first-order valence-electron chi connectivity index (χ1n) is 6.25. The van der Waals surface area contributed by atoms with Crippen LogP contribution in [-0.2, 0) is 23.0 Å². The molecule has 1 fully saturated rings. The summed E-state index contributed by atoms with van der Waals surface area (Å²) in [5.74, 6) is -1.02. The van der Waals surface area contributed by atoms with Crippen molar-refractivity contribution in [2.45, 2.75) is 12.5 Å². The molecule has 1 aliphatic heterocycles. The van der Waals surface area contributed by atoms with Gasteiger partial charge >= 0.3 is 12.0 Å². The van der Waals surface area contributed by atoms with Gasteiger partial charge in [-0.2, -0.15) is 5.10 Å². The van der Waals surface area contributed by atoms with E-state index in [4.69, 9.17) is 9.84 Å². The first kappa shape index (κ1) is 14.3. The Labute approximate surface area is 115 Å². The first-order chi connectivity index (χ1) is 9.56. The van der Waals surface area contributed by atoms with E-state index in [1.165, 1.54) is 0 Å². The molecule has 0 saturated carbocycles. The minimum Gasteiger partial charge on any atom is -0.481 e. The number of nitrogens with zero attached hydrogens (tertiary/aromatic N) is 3. The molecule has 0 spiro atoms. The van der Waals surface area contributed by atoms with Crippen LogP contribution < -0.4 is 10.6 Å². The van der Waals surface area contributed by atoms with Crippen LogP contribution in [-0.4, -0.2) is 57.7 Å². The highest BCUT2D eigenvalue weighted by molar-refractivity contribution is 5.77. The topological polar surface area (TPSA) is 118 Å². The predicted octanol–water partition coefficient (Wildman–Crippen LogP) is -1.24. The van der Waals surface area contributed by atoms with Gasteiger partial charge < -0.3 is 20.5 Å². The number of aliphatic carboxylic acids is 1. The number of carboxylic acids is 1. The fourth-order valence-corrected chi connectivity index (χ4v) is 1.95. The highest BCUT2D eigenvalue weighted by Gasteiger charge is 2.34. The molecule has 0 aliphatic carbocycles. The number of aromatic nitrogens is 3. The molecular formula is C11H17N5O4. The number of amides is 2. The average molecular weight is 283 g/mol. The Hall–Kier alpha value is -2.16. The Morgan fingerprint density at radius 3 is 3.00 bits per heavy atom. The minimum atomic E-state index is -0.967. The molecule has 2 atom stereocenters. The molecule has 0 radical (unpaired) electrons. The quantitative estimate of drug-likeness (QED) is 0.622. The second-order valence-electron chi connectivity index (χ2n) is 4.57. The van der Waals surface area contributed by atoms with Crippen molar-refractivity contribution < 1.29 is 19.4 Å². The lowest BCUT2D eigenvalue weighted by Crippen LogP contribution is -2.47. The van der Waals surface area contributed by atoms with Gasteiger partial charge in [0.25, 0.3) is 0 Å². The zero-order valence-corrected chi connectivity index (χ0v) is 11.1. The summed E-state index contributed by atoms with van der Waals surface area (Å²) in [6.07, 6.45) is 2.10. The molecule has 110 valence electrons. The number of urea groups is 1. The number of aryl methyl sites for hydroxylation is 1. The maximum Gasteiger partial charge on any atom is 0.315 e. The number of hydrogen-bond acceptors (Lipinski definition) is 5. The first-order valence-corrected chi connectivity index (χ1v) is 6.25. The molecule has 2 rings (SSSR count). The van der Waals surface area contributed by atoms with Crippen LogP contribution >= 0.6 is 0 Å². The summed E-state index contributed by atoms with van der Waals surface area (Å²) in [5.41, 5.74) is 0. The summed E-state index contributed by atoms with van der Waals surface area (Å²) in [4.78, 5) is 26.6. The van der Waals surface area contributed by atoms with Crippen molar-refractivity contribution in [3.63, 3.8) is 0 Å². The summed E-state index contributed by atoms with van der Waals surface area (Å²) in [7, 11) is 1.77. The van der Waals surface area contributed by atoms with E-state index in [0.717, 1.165) is 0 Å². The molecule has 0 bridgehead atoms. The largest absolute Gasteiger partial charge is 0.481 e. The maximum absolute atomic E-state index is 11.6. The van der Waals surface area contributed by atoms with Crippen molar-refractivity contribution in [1.29, 1.82) is 0 Å². The molecule has 3 N–H and O–H groups in total. The Bertz CT molecular complexity index is 489. The maximum atomic E-state index is 11.6. The van der Waals surface area contributed by atoms with E-state index in [1.807, 2.05) is 0 Å². The number of carbonyl (C=O) groups excluding carboxylic acids is 1. The van der Waals surface area contributed by atoms with Crippen LogP contribution in [0, 0.1) is 5.92 Å². The second kappa shape index (κ2) is 6.33. The monoisotopic (exact) mass is 283 g/mol.